The summed E-state index contributed by atoms with van der Waals surface area (Å²) in [6.07, 6.45) is 0. The second-order valence-electron chi connectivity index (χ2n) is 7.41. The molecule has 0 atom stereocenters. The van der Waals surface area contributed by atoms with Gasteiger partial charge in [-0.3, -0.25) is 19.4 Å². The van der Waals surface area contributed by atoms with Crippen LogP contribution in [0.4, 0.5) is 0 Å². The molecule has 0 unspecified atom stereocenters. The summed E-state index contributed by atoms with van der Waals surface area (Å²) in [4.78, 5) is 44.8. The van der Waals surface area contributed by atoms with Crippen LogP contribution in [-0.4, -0.2) is 64.7 Å². The molecule has 7 heteroatoms. The van der Waals surface area contributed by atoms with Crippen molar-refractivity contribution in [3.63, 3.8) is 0 Å². The van der Waals surface area contributed by atoms with Gasteiger partial charge in [0.25, 0.3) is 5.91 Å². The van der Waals surface area contributed by atoms with Gasteiger partial charge in [0.1, 0.15) is 0 Å². The van der Waals surface area contributed by atoms with Crippen molar-refractivity contribution < 1.29 is 14.4 Å². The summed E-state index contributed by atoms with van der Waals surface area (Å²) in [6.45, 7) is 6.90. The Balaban J connectivity index is 1.64. The van der Waals surface area contributed by atoms with E-state index in [9.17, 15) is 14.4 Å². The van der Waals surface area contributed by atoms with E-state index in [0.717, 1.165) is 11.3 Å². The number of pyridine rings is 1. The predicted octanol–water partition coefficient (Wildman–Crippen LogP) is 1.87. The van der Waals surface area contributed by atoms with Crippen LogP contribution >= 0.6 is 0 Å². The zero-order valence-electron chi connectivity index (χ0n) is 17.0. The molecule has 2 heterocycles. The van der Waals surface area contributed by atoms with Crippen LogP contribution in [0.15, 0.2) is 42.5 Å². The number of piperazine rings is 1. The summed E-state index contributed by atoms with van der Waals surface area (Å²) in [6, 6.07) is 13.4. The summed E-state index contributed by atoms with van der Waals surface area (Å²) < 4.78 is 0. The van der Waals surface area contributed by atoms with E-state index in [0.29, 0.717) is 37.4 Å². The van der Waals surface area contributed by atoms with Gasteiger partial charge in [0, 0.05) is 37.8 Å². The Hall–Kier alpha value is -3.22. The summed E-state index contributed by atoms with van der Waals surface area (Å²) in [5.41, 5.74) is 3.06. The van der Waals surface area contributed by atoms with Gasteiger partial charge in [-0.15, -0.1) is 0 Å². The molecule has 1 fully saturated rings. The second-order valence-corrected chi connectivity index (χ2v) is 7.41. The van der Waals surface area contributed by atoms with Crippen molar-refractivity contribution in [1.29, 1.82) is 0 Å². The predicted molar refractivity (Wildman–Crippen MR) is 110 cm³/mol. The first kappa shape index (κ1) is 20.5. The molecule has 1 aliphatic rings. The lowest BCUT2D eigenvalue weighted by Crippen LogP contribution is -2.54. The van der Waals surface area contributed by atoms with Crippen molar-refractivity contribution in [1.82, 2.24) is 20.1 Å². The number of hydrogen-bond donors (Lipinski definition) is 1. The van der Waals surface area contributed by atoms with Crippen LogP contribution in [0.2, 0.25) is 0 Å². The number of aromatic nitrogens is 1. The molecule has 3 amide bonds. The molecule has 1 saturated heterocycles. The first-order chi connectivity index (χ1) is 13.9. The summed E-state index contributed by atoms with van der Waals surface area (Å²) in [7, 11) is 0. The van der Waals surface area contributed by atoms with E-state index in [-0.39, 0.29) is 11.9 Å². The molecule has 1 N–H and O–H groups in total. The molecular formula is C22H26N4O3. The van der Waals surface area contributed by atoms with Crippen LogP contribution in [0.5, 0.6) is 0 Å². The topological polar surface area (TPSA) is 82.6 Å². The van der Waals surface area contributed by atoms with Crippen molar-refractivity contribution >= 4 is 17.7 Å². The Morgan fingerprint density at radius 2 is 1.55 bits per heavy atom. The van der Waals surface area contributed by atoms with Crippen molar-refractivity contribution in [2.24, 2.45) is 0 Å². The molecule has 1 aromatic carbocycles. The monoisotopic (exact) mass is 394 g/mol. The first-order valence-corrected chi connectivity index (χ1v) is 9.79. The fourth-order valence-electron chi connectivity index (χ4n) is 3.31. The van der Waals surface area contributed by atoms with Crippen molar-refractivity contribution in [2.75, 3.05) is 26.2 Å². The number of carbonyl (C=O) groups excluding carboxylic acids is 3. The minimum atomic E-state index is -0.601. The zero-order chi connectivity index (χ0) is 21.0. The van der Waals surface area contributed by atoms with Gasteiger partial charge >= 0.3 is 11.8 Å². The van der Waals surface area contributed by atoms with Crippen LogP contribution in [0, 0.1) is 6.92 Å². The SMILES string of the molecule is Cc1nc(-c2ccccc2)ccc1C(=O)N1CCN(C(=O)C(=O)NC(C)C)CC1. The molecule has 152 valence electrons. The molecule has 0 spiro atoms. The highest BCUT2D eigenvalue weighted by Gasteiger charge is 2.29. The van der Waals surface area contributed by atoms with E-state index >= 15 is 0 Å². The Kier molecular flexibility index (Phi) is 6.26. The zero-order valence-corrected chi connectivity index (χ0v) is 17.0. The number of nitrogens with one attached hydrogen (secondary N) is 1. The number of aryl methyl sites for hydroxylation is 1. The Morgan fingerprint density at radius 1 is 0.931 bits per heavy atom. The number of rotatable bonds is 3. The third kappa shape index (κ3) is 4.80. The molecular weight excluding hydrogens is 368 g/mol. The molecule has 1 aromatic heterocycles. The second kappa shape index (κ2) is 8.86. The van der Waals surface area contributed by atoms with Crippen LogP contribution in [0.3, 0.4) is 0 Å². The lowest BCUT2D eigenvalue weighted by Gasteiger charge is -2.34. The van der Waals surface area contributed by atoms with Crippen LogP contribution in [0.1, 0.15) is 29.9 Å². The van der Waals surface area contributed by atoms with E-state index in [1.165, 1.54) is 4.90 Å². The van der Waals surface area contributed by atoms with Gasteiger partial charge in [0.15, 0.2) is 0 Å². The Morgan fingerprint density at radius 3 is 2.14 bits per heavy atom. The number of nitrogens with zero attached hydrogens (tertiary/aromatic N) is 3. The highest BCUT2D eigenvalue weighted by molar-refractivity contribution is 6.35. The molecule has 0 saturated carbocycles. The largest absolute Gasteiger partial charge is 0.346 e. The molecule has 3 rings (SSSR count). The van der Waals surface area contributed by atoms with Crippen molar-refractivity contribution in [3.05, 3.63) is 53.7 Å². The highest BCUT2D eigenvalue weighted by Crippen LogP contribution is 2.20. The van der Waals surface area contributed by atoms with Crippen molar-refractivity contribution in [2.45, 2.75) is 26.8 Å². The number of amides is 3. The quantitative estimate of drug-likeness (QED) is 0.806. The average Bonchev–Trinajstić information content (AvgIpc) is 2.73. The summed E-state index contributed by atoms with van der Waals surface area (Å²) >= 11 is 0. The van der Waals surface area contributed by atoms with Crippen LogP contribution in [0.25, 0.3) is 11.3 Å². The van der Waals surface area contributed by atoms with E-state index in [2.05, 4.69) is 10.3 Å². The number of carbonyl (C=O) groups is 3. The number of benzene rings is 1. The van der Waals surface area contributed by atoms with Crippen LogP contribution < -0.4 is 5.32 Å². The van der Waals surface area contributed by atoms with Crippen LogP contribution in [-0.2, 0) is 9.59 Å². The summed E-state index contributed by atoms with van der Waals surface area (Å²) in [5.74, 6) is -1.25. The smallest absolute Gasteiger partial charge is 0.312 e. The lowest BCUT2D eigenvalue weighted by molar-refractivity contribution is -0.147. The minimum absolute atomic E-state index is 0.0938. The van der Waals surface area contributed by atoms with Crippen molar-refractivity contribution in [3.8, 4) is 11.3 Å². The Bertz CT molecular complexity index is 904. The summed E-state index contributed by atoms with van der Waals surface area (Å²) in [5, 5.41) is 2.61. The van der Waals surface area contributed by atoms with Gasteiger partial charge in [0.05, 0.1) is 17.0 Å². The maximum absolute atomic E-state index is 12.9. The molecule has 7 nitrogen and oxygen atoms in total. The highest BCUT2D eigenvalue weighted by atomic mass is 16.2. The molecule has 1 aliphatic heterocycles. The maximum Gasteiger partial charge on any atom is 0.312 e. The molecule has 0 bridgehead atoms. The molecule has 0 aliphatic carbocycles. The van der Waals surface area contributed by atoms with Gasteiger partial charge in [-0.2, -0.15) is 0 Å². The third-order valence-electron chi connectivity index (χ3n) is 4.85. The molecule has 0 radical (unpaired) electrons. The van der Waals surface area contributed by atoms with Gasteiger partial charge in [-0.1, -0.05) is 30.3 Å². The van der Waals surface area contributed by atoms with Gasteiger partial charge in [-0.05, 0) is 32.9 Å². The van der Waals surface area contributed by atoms with E-state index in [1.54, 1.807) is 24.8 Å². The number of hydrogen-bond acceptors (Lipinski definition) is 4. The lowest BCUT2D eigenvalue weighted by atomic mass is 10.1. The van der Waals surface area contributed by atoms with E-state index in [1.807, 2.05) is 43.3 Å². The normalized spacial score (nSPS) is 14.1. The fourth-order valence-corrected chi connectivity index (χ4v) is 3.31. The average molecular weight is 394 g/mol. The van der Waals surface area contributed by atoms with Gasteiger partial charge in [0.2, 0.25) is 0 Å². The van der Waals surface area contributed by atoms with E-state index < -0.39 is 11.8 Å². The fraction of sp³-hybridized carbons (Fsp3) is 0.364. The third-order valence-corrected chi connectivity index (χ3v) is 4.85. The van der Waals surface area contributed by atoms with Gasteiger partial charge < -0.3 is 15.1 Å². The minimum Gasteiger partial charge on any atom is -0.346 e. The maximum atomic E-state index is 12.9. The molecule has 29 heavy (non-hydrogen) atoms. The van der Waals surface area contributed by atoms with Gasteiger partial charge in [-0.25, -0.2) is 0 Å². The Labute approximate surface area is 170 Å². The standard InChI is InChI=1S/C22H26N4O3/c1-15(2)23-20(27)22(29)26-13-11-25(12-14-26)21(28)18-9-10-19(24-16(18)3)17-7-5-4-6-8-17/h4-10,15H,11-14H2,1-3H3,(H,23,27). The molecule has 2 aromatic rings. The van der Waals surface area contributed by atoms with E-state index in [4.69, 9.17) is 0 Å². The first-order valence-electron chi connectivity index (χ1n) is 9.79.